The number of amides is 1. The number of hydrogen-bond acceptors (Lipinski definition) is 5. The fraction of sp³-hybridized carbons (Fsp3) is 0.273. The number of ketones is 1. The Labute approximate surface area is 169 Å². The van der Waals surface area contributed by atoms with Crippen molar-refractivity contribution in [3.8, 4) is 0 Å². The fourth-order valence-corrected chi connectivity index (χ4v) is 2.75. The molecule has 1 N–H and O–H groups in total. The zero-order valence-corrected chi connectivity index (χ0v) is 16.5. The highest BCUT2D eigenvalue weighted by Gasteiger charge is 2.17. The minimum atomic E-state index is -0.623. The van der Waals surface area contributed by atoms with Gasteiger partial charge in [0.15, 0.2) is 5.78 Å². The molecule has 2 aromatic rings. The second kappa shape index (κ2) is 10.8. The number of hydrogen-bond donors (Lipinski definition) is 1. The molecule has 0 radical (unpaired) electrons. The van der Waals surface area contributed by atoms with Crippen LogP contribution in [0, 0.1) is 10.1 Å². The van der Waals surface area contributed by atoms with E-state index in [-0.39, 0.29) is 18.1 Å². The lowest BCUT2D eigenvalue weighted by Gasteiger charge is -2.12. The zero-order valence-electron chi connectivity index (χ0n) is 16.5. The third-order valence-corrected chi connectivity index (χ3v) is 4.22. The van der Waals surface area contributed by atoms with Crippen molar-refractivity contribution in [2.45, 2.75) is 33.1 Å². The molecule has 0 aliphatic rings. The van der Waals surface area contributed by atoms with E-state index in [4.69, 9.17) is 4.74 Å². The number of nitro benzene ring substituents is 1. The molecule has 0 unspecified atom stereocenters. The first-order valence-corrected chi connectivity index (χ1v) is 9.48. The summed E-state index contributed by atoms with van der Waals surface area (Å²) >= 11 is 0. The van der Waals surface area contributed by atoms with Crippen LogP contribution in [0.2, 0.25) is 0 Å². The van der Waals surface area contributed by atoms with Crippen molar-refractivity contribution in [1.29, 1.82) is 0 Å². The number of rotatable bonds is 9. The molecule has 0 aliphatic heterocycles. The van der Waals surface area contributed by atoms with Crippen molar-refractivity contribution >= 4 is 29.3 Å². The van der Waals surface area contributed by atoms with Gasteiger partial charge in [0.05, 0.1) is 17.2 Å². The fourth-order valence-electron chi connectivity index (χ4n) is 2.75. The molecule has 1 amide bonds. The Morgan fingerprint density at radius 1 is 1.10 bits per heavy atom. The maximum Gasteiger partial charge on any atom is 0.411 e. The number of anilines is 1. The Bertz CT molecular complexity index is 904. The van der Waals surface area contributed by atoms with Crippen LogP contribution < -0.4 is 5.32 Å². The lowest BCUT2D eigenvalue weighted by Crippen LogP contribution is -2.16. The van der Waals surface area contributed by atoms with E-state index in [1.807, 2.05) is 6.92 Å². The number of nitrogens with zero attached hydrogens (tertiary/aromatic N) is 1. The Hall–Kier alpha value is -3.48. The number of ether oxygens (including phenoxy) is 1. The van der Waals surface area contributed by atoms with Gasteiger partial charge in [0.1, 0.15) is 0 Å². The maximum atomic E-state index is 13.2. The first kappa shape index (κ1) is 21.8. The van der Waals surface area contributed by atoms with Gasteiger partial charge in [0, 0.05) is 23.3 Å². The Balaban J connectivity index is 2.36. The van der Waals surface area contributed by atoms with Gasteiger partial charge in [0.25, 0.3) is 5.69 Å². The molecule has 152 valence electrons. The van der Waals surface area contributed by atoms with Crippen LogP contribution in [0.5, 0.6) is 0 Å². The van der Waals surface area contributed by atoms with Crippen molar-refractivity contribution < 1.29 is 19.2 Å². The van der Waals surface area contributed by atoms with Gasteiger partial charge < -0.3 is 4.74 Å². The average molecular weight is 396 g/mol. The van der Waals surface area contributed by atoms with Crippen LogP contribution in [-0.4, -0.2) is 23.4 Å². The predicted molar refractivity (Wildman–Crippen MR) is 112 cm³/mol. The molecule has 0 fully saturated rings. The average Bonchev–Trinajstić information content (AvgIpc) is 2.71. The lowest BCUT2D eigenvalue weighted by atomic mass is 9.95. The van der Waals surface area contributed by atoms with Gasteiger partial charge in [-0.25, -0.2) is 4.79 Å². The molecular weight excluding hydrogens is 372 g/mol. The molecule has 0 spiro atoms. The van der Waals surface area contributed by atoms with E-state index in [2.05, 4.69) is 5.32 Å². The Morgan fingerprint density at radius 3 is 2.41 bits per heavy atom. The first-order chi connectivity index (χ1) is 14.0. The van der Waals surface area contributed by atoms with Crippen LogP contribution in [-0.2, 0) is 4.74 Å². The molecule has 0 saturated carbocycles. The third kappa shape index (κ3) is 6.27. The Kier molecular flexibility index (Phi) is 8.09. The zero-order chi connectivity index (χ0) is 21.2. The van der Waals surface area contributed by atoms with Crippen LogP contribution in [0.3, 0.4) is 0 Å². The van der Waals surface area contributed by atoms with E-state index < -0.39 is 11.0 Å². The maximum absolute atomic E-state index is 13.2. The van der Waals surface area contributed by atoms with Gasteiger partial charge in [-0.05, 0) is 55.7 Å². The van der Waals surface area contributed by atoms with Gasteiger partial charge in [0.2, 0.25) is 0 Å². The third-order valence-electron chi connectivity index (χ3n) is 4.22. The molecule has 0 atom stereocenters. The normalized spacial score (nSPS) is 11.0. The Morgan fingerprint density at radius 2 is 1.79 bits per heavy atom. The summed E-state index contributed by atoms with van der Waals surface area (Å²) in [6.07, 6.45) is 3.40. The van der Waals surface area contributed by atoms with Crippen molar-refractivity contribution in [3.05, 3.63) is 75.3 Å². The molecule has 2 rings (SSSR count). The summed E-state index contributed by atoms with van der Waals surface area (Å²) in [6.45, 7) is 3.96. The summed E-state index contributed by atoms with van der Waals surface area (Å²) in [4.78, 5) is 35.4. The highest BCUT2D eigenvalue weighted by molar-refractivity contribution is 6.15. The number of para-hydroxylation sites is 1. The van der Waals surface area contributed by atoms with E-state index in [0.717, 1.165) is 12.8 Å². The molecule has 7 heteroatoms. The number of non-ortho nitro benzene ring substituents is 1. The second-order valence-corrected chi connectivity index (χ2v) is 6.34. The van der Waals surface area contributed by atoms with Gasteiger partial charge in [-0.2, -0.15) is 0 Å². The summed E-state index contributed by atoms with van der Waals surface area (Å²) in [5.41, 5.74) is 2.00. The molecular formula is C22H24N2O5. The van der Waals surface area contributed by atoms with E-state index >= 15 is 0 Å². The summed E-state index contributed by atoms with van der Waals surface area (Å²) in [6, 6.07) is 12.8. The highest BCUT2D eigenvalue weighted by Crippen LogP contribution is 2.24. The van der Waals surface area contributed by atoms with Crippen LogP contribution in [0.15, 0.2) is 54.1 Å². The minimum Gasteiger partial charge on any atom is -0.450 e. The monoisotopic (exact) mass is 396 g/mol. The molecule has 29 heavy (non-hydrogen) atoms. The number of Topliss-reactive ketones (excluding diaryl/α,β-unsaturated/α-hetero) is 1. The summed E-state index contributed by atoms with van der Waals surface area (Å²) in [7, 11) is 0. The minimum absolute atomic E-state index is 0.00688. The van der Waals surface area contributed by atoms with Gasteiger partial charge >= 0.3 is 6.09 Å². The van der Waals surface area contributed by atoms with Gasteiger partial charge in [-0.1, -0.05) is 25.5 Å². The van der Waals surface area contributed by atoms with Crippen LogP contribution in [0.4, 0.5) is 16.2 Å². The molecule has 0 bridgehead atoms. The van der Waals surface area contributed by atoms with Crippen LogP contribution in [0.25, 0.3) is 6.08 Å². The van der Waals surface area contributed by atoms with E-state index in [1.165, 1.54) is 12.1 Å². The topological polar surface area (TPSA) is 98.5 Å². The van der Waals surface area contributed by atoms with Gasteiger partial charge in [-0.15, -0.1) is 0 Å². The SMILES string of the molecule is CCCC/C(=C\c1ccc([N+](=O)[O-])cc1)C(=O)c1ccccc1NC(=O)OCC. The number of unbranched alkanes of at least 4 members (excludes halogenated alkanes) is 1. The smallest absolute Gasteiger partial charge is 0.411 e. The molecule has 0 aliphatic carbocycles. The molecule has 0 aromatic heterocycles. The highest BCUT2D eigenvalue weighted by atomic mass is 16.6. The summed E-state index contributed by atoms with van der Waals surface area (Å²) in [5, 5.41) is 13.4. The van der Waals surface area contributed by atoms with Crippen LogP contribution >= 0.6 is 0 Å². The predicted octanol–water partition coefficient (Wildman–Crippen LogP) is 5.62. The second-order valence-electron chi connectivity index (χ2n) is 6.34. The largest absolute Gasteiger partial charge is 0.450 e. The summed E-state index contributed by atoms with van der Waals surface area (Å²) in [5.74, 6) is -0.204. The molecule has 0 heterocycles. The van der Waals surface area contributed by atoms with E-state index in [1.54, 1.807) is 49.4 Å². The van der Waals surface area contributed by atoms with Gasteiger partial charge in [-0.3, -0.25) is 20.2 Å². The number of carbonyl (C=O) groups is 2. The van der Waals surface area contributed by atoms with E-state index in [9.17, 15) is 19.7 Å². The molecule has 2 aromatic carbocycles. The molecule has 7 nitrogen and oxygen atoms in total. The standard InChI is InChI=1S/C22H24N2O5/c1-3-5-8-17(15-16-11-13-18(14-12-16)24(27)28)21(25)19-9-6-7-10-20(19)23-22(26)29-4-2/h6-7,9-15H,3-5,8H2,1-2H3,(H,23,26)/b17-15+. The number of allylic oxidation sites excluding steroid dienone is 1. The first-order valence-electron chi connectivity index (χ1n) is 9.48. The summed E-state index contributed by atoms with van der Waals surface area (Å²) < 4.78 is 4.90. The van der Waals surface area contributed by atoms with Crippen molar-refractivity contribution in [1.82, 2.24) is 0 Å². The number of nitrogens with one attached hydrogen (secondary N) is 1. The lowest BCUT2D eigenvalue weighted by molar-refractivity contribution is -0.384. The van der Waals surface area contributed by atoms with Crippen molar-refractivity contribution in [2.24, 2.45) is 0 Å². The van der Waals surface area contributed by atoms with E-state index in [0.29, 0.717) is 28.8 Å². The number of benzene rings is 2. The number of nitro groups is 1. The quantitative estimate of drug-likeness (QED) is 0.257. The molecule has 0 saturated heterocycles. The van der Waals surface area contributed by atoms with Crippen molar-refractivity contribution in [3.63, 3.8) is 0 Å². The van der Waals surface area contributed by atoms with Crippen molar-refractivity contribution in [2.75, 3.05) is 11.9 Å². The van der Waals surface area contributed by atoms with Crippen LogP contribution in [0.1, 0.15) is 49.0 Å². The number of carbonyl (C=O) groups excluding carboxylic acids is 2.